The molecule has 1 aromatic rings. The maximum atomic E-state index is 10.8. The second-order valence-electron chi connectivity index (χ2n) is 4.29. The number of hydrogen-bond donors (Lipinski definition) is 2. The fourth-order valence-electron chi connectivity index (χ4n) is 1.91. The molecule has 1 unspecified atom stereocenters. The standard InChI is InChI=1S/C13H21N3O2/c1-2-5-13(15-9-4-8-14)11-6-3-7-12(10-11)16(17)18/h3,6-7,10,13,15H,2,4-5,8-9,14H2,1H3. The van der Waals surface area contributed by atoms with Crippen molar-refractivity contribution in [2.24, 2.45) is 5.73 Å². The van der Waals surface area contributed by atoms with E-state index in [9.17, 15) is 10.1 Å². The van der Waals surface area contributed by atoms with Crippen molar-refractivity contribution in [2.75, 3.05) is 13.1 Å². The Balaban J connectivity index is 2.77. The Hall–Kier alpha value is -1.46. The number of nitrogens with zero attached hydrogens (tertiary/aromatic N) is 1. The fraction of sp³-hybridized carbons (Fsp3) is 0.538. The topological polar surface area (TPSA) is 81.2 Å². The van der Waals surface area contributed by atoms with Gasteiger partial charge >= 0.3 is 0 Å². The molecule has 0 fully saturated rings. The summed E-state index contributed by atoms with van der Waals surface area (Å²) in [5.41, 5.74) is 6.58. The molecule has 1 atom stereocenters. The summed E-state index contributed by atoms with van der Waals surface area (Å²) < 4.78 is 0. The van der Waals surface area contributed by atoms with E-state index in [1.165, 1.54) is 6.07 Å². The minimum atomic E-state index is -0.355. The van der Waals surface area contributed by atoms with Gasteiger partial charge in [0.25, 0.3) is 5.69 Å². The zero-order valence-electron chi connectivity index (χ0n) is 10.8. The van der Waals surface area contributed by atoms with Crippen molar-refractivity contribution in [3.63, 3.8) is 0 Å². The van der Waals surface area contributed by atoms with Crippen LogP contribution in [0.3, 0.4) is 0 Å². The van der Waals surface area contributed by atoms with Gasteiger partial charge in [-0.25, -0.2) is 0 Å². The molecular formula is C13H21N3O2. The lowest BCUT2D eigenvalue weighted by Gasteiger charge is -2.18. The first-order valence-corrected chi connectivity index (χ1v) is 6.36. The first-order valence-electron chi connectivity index (χ1n) is 6.36. The van der Waals surface area contributed by atoms with E-state index in [1.807, 2.05) is 6.07 Å². The van der Waals surface area contributed by atoms with Crippen LogP contribution in [0.2, 0.25) is 0 Å². The Morgan fingerprint density at radius 1 is 1.50 bits per heavy atom. The minimum Gasteiger partial charge on any atom is -0.330 e. The molecule has 1 aromatic carbocycles. The monoisotopic (exact) mass is 251 g/mol. The summed E-state index contributed by atoms with van der Waals surface area (Å²) in [4.78, 5) is 10.4. The third-order valence-corrected chi connectivity index (χ3v) is 2.83. The molecule has 3 N–H and O–H groups in total. The molecule has 0 amide bonds. The number of non-ortho nitro benzene ring substituents is 1. The van der Waals surface area contributed by atoms with Crippen LogP contribution >= 0.6 is 0 Å². The first-order chi connectivity index (χ1) is 8.69. The van der Waals surface area contributed by atoms with Crippen molar-refractivity contribution >= 4 is 5.69 Å². The van der Waals surface area contributed by atoms with E-state index in [1.54, 1.807) is 12.1 Å². The second-order valence-corrected chi connectivity index (χ2v) is 4.29. The SMILES string of the molecule is CCCC(NCCCN)c1cccc([N+](=O)[O-])c1. The van der Waals surface area contributed by atoms with Gasteiger partial charge in [0.2, 0.25) is 0 Å². The van der Waals surface area contributed by atoms with Crippen LogP contribution in [0.15, 0.2) is 24.3 Å². The molecule has 100 valence electrons. The summed E-state index contributed by atoms with van der Waals surface area (Å²) in [6.45, 7) is 3.60. The van der Waals surface area contributed by atoms with Crippen LogP contribution in [0, 0.1) is 10.1 Å². The number of rotatable bonds is 8. The molecule has 0 saturated heterocycles. The summed E-state index contributed by atoms with van der Waals surface area (Å²) in [5, 5.41) is 14.2. The molecule has 1 rings (SSSR count). The summed E-state index contributed by atoms with van der Waals surface area (Å²) in [6, 6.07) is 7.01. The number of hydrogen-bond acceptors (Lipinski definition) is 4. The normalized spacial score (nSPS) is 12.3. The molecule has 0 aliphatic carbocycles. The molecule has 0 spiro atoms. The van der Waals surface area contributed by atoms with E-state index in [0.717, 1.165) is 31.4 Å². The number of nitrogens with one attached hydrogen (secondary N) is 1. The Morgan fingerprint density at radius 3 is 2.89 bits per heavy atom. The van der Waals surface area contributed by atoms with Crippen molar-refractivity contribution in [3.8, 4) is 0 Å². The van der Waals surface area contributed by atoms with E-state index in [0.29, 0.717) is 6.54 Å². The Bertz CT molecular complexity index is 382. The molecule has 0 saturated carbocycles. The van der Waals surface area contributed by atoms with Crippen molar-refractivity contribution in [2.45, 2.75) is 32.2 Å². The molecule has 0 radical (unpaired) electrons. The predicted octanol–water partition coefficient (Wildman–Crippen LogP) is 2.37. The van der Waals surface area contributed by atoms with Crippen molar-refractivity contribution < 1.29 is 4.92 Å². The predicted molar refractivity (Wildman–Crippen MR) is 72.4 cm³/mol. The lowest BCUT2D eigenvalue weighted by molar-refractivity contribution is -0.384. The van der Waals surface area contributed by atoms with E-state index < -0.39 is 0 Å². The van der Waals surface area contributed by atoms with E-state index >= 15 is 0 Å². The summed E-state index contributed by atoms with van der Waals surface area (Å²) in [6.07, 6.45) is 2.91. The van der Waals surface area contributed by atoms with Crippen LogP contribution in [0.1, 0.15) is 37.8 Å². The number of benzene rings is 1. The van der Waals surface area contributed by atoms with Crippen molar-refractivity contribution in [1.29, 1.82) is 0 Å². The van der Waals surface area contributed by atoms with Crippen molar-refractivity contribution in [1.82, 2.24) is 5.32 Å². The van der Waals surface area contributed by atoms with Crippen LogP contribution in [-0.2, 0) is 0 Å². The number of nitro groups is 1. The highest BCUT2D eigenvalue weighted by Crippen LogP contribution is 2.22. The number of nitro benzene ring substituents is 1. The Kier molecular flexibility index (Phi) is 6.32. The average molecular weight is 251 g/mol. The molecule has 0 aromatic heterocycles. The zero-order chi connectivity index (χ0) is 13.4. The maximum Gasteiger partial charge on any atom is 0.269 e. The van der Waals surface area contributed by atoms with E-state index in [4.69, 9.17) is 5.73 Å². The van der Waals surface area contributed by atoms with Gasteiger partial charge in [-0.1, -0.05) is 25.5 Å². The summed E-state index contributed by atoms with van der Waals surface area (Å²) in [5.74, 6) is 0. The molecule has 5 heteroatoms. The van der Waals surface area contributed by atoms with E-state index in [2.05, 4.69) is 12.2 Å². The van der Waals surface area contributed by atoms with Crippen LogP contribution in [0.4, 0.5) is 5.69 Å². The molecular weight excluding hydrogens is 230 g/mol. The average Bonchev–Trinajstić information content (AvgIpc) is 2.38. The molecule has 5 nitrogen and oxygen atoms in total. The van der Waals surface area contributed by atoms with Gasteiger partial charge in [0.05, 0.1) is 4.92 Å². The summed E-state index contributed by atoms with van der Waals surface area (Å²) in [7, 11) is 0. The Labute approximate surface area is 108 Å². The largest absolute Gasteiger partial charge is 0.330 e. The van der Waals surface area contributed by atoms with Crippen molar-refractivity contribution in [3.05, 3.63) is 39.9 Å². The van der Waals surface area contributed by atoms with Gasteiger partial charge in [-0.15, -0.1) is 0 Å². The maximum absolute atomic E-state index is 10.8. The first kappa shape index (κ1) is 14.6. The van der Waals surface area contributed by atoms with Gasteiger partial charge in [0.1, 0.15) is 0 Å². The smallest absolute Gasteiger partial charge is 0.269 e. The highest BCUT2D eigenvalue weighted by atomic mass is 16.6. The van der Waals surface area contributed by atoms with Crippen LogP contribution in [0.5, 0.6) is 0 Å². The highest BCUT2D eigenvalue weighted by molar-refractivity contribution is 5.35. The second kappa shape index (κ2) is 7.79. The molecule has 18 heavy (non-hydrogen) atoms. The van der Waals surface area contributed by atoms with Crippen LogP contribution in [0.25, 0.3) is 0 Å². The van der Waals surface area contributed by atoms with Gasteiger partial charge in [0.15, 0.2) is 0 Å². The fourth-order valence-corrected chi connectivity index (χ4v) is 1.91. The van der Waals surface area contributed by atoms with Gasteiger partial charge in [-0.3, -0.25) is 10.1 Å². The quantitative estimate of drug-likeness (QED) is 0.422. The third-order valence-electron chi connectivity index (χ3n) is 2.83. The Morgan fingerprint density at radius 2 is 2.28 bits per heavy atom. The molecule has 0 aliphatic heterocycles. The minimum absolute atomic E-state index is 0.147. The van der Waals surface area contributed by atoms with Gasteiger partial charge in [-0.2, -0.15) is 0 Å². The van der Waals surface area contributed by atoms with Gasteiger partial charge < -0.3 is 11.1 Å². The molecule has 0 heterocycles. The number of nitrogens with two attached hydrogens (primary N) is 1. The van der Waals surface area contributed by atoms with Crippen LogP contribution in [-0.4, -0.2) is 18.0 Å². The molecule has 0 aliphatic rings. The van der Waals surface area contributed by atoms with E-state index in [-0.39, 0.29) is 16.7 Å². The van der Waals surface area contributed by atoms with Gasteiger partial charge in [0, 0.05) is 18.2 Å². The van der Waals surface area contributed by atoms with Crippen LogP contribution < -0.4 is 11.1 Å². The zero-order valence-corrected chi connectivity index (χ0v) is 10.8. The molecule has 0 bridgehead atoms. The lowest BCUT2D eigenvalue weighted by Crippen LogP contribution is -2.24. The third kappa shape index (κ3) is 4.43. The highest BCUT2D eigenvalue weighted by Gasteiger charge is 2.13. The lowest BCUT2D eigenvalue weighted by atomic mass is 10.0. The summed E-state index contributed by atoms with van der Waals surface area (Å²) >= 11 is 0. The van der Waals surface area contributed by atoms with Gasteiger partial charge in [-0.05, 0) is 31.5 Å².